The van der Waals surface area contributed by atoms with Gasteiger partial charge >= 0.3 is 11.9 Å². The van der Waals surface area contributed by atoms with Gasteiger partial charge in [-0.3, -0.25) is 33.8 Å². The number of aliphatic carboxylic acids is 2. The molecule has 5 atom stereocenters. The third-order valence-electron chi connectivity index (χ3n) is 7.26. The molecule has 0 bridgehead atoms. The standard InChI is InChI=1S/C27H48N10O10/c28-10-2-1-5-17(25(45)37-12-4-7-19(37)26(46)47)35-24(44)18(14-38)36-23(43)16(8-9-21(40)41)34-22(42)15(33-20(39)13-29)6-3-11-32-27(30)31/h15-19,38H,1-14,28-29H2,(H,33,39)(H,34,42)(H,35,44)(H,36,43)(H,40,41)(H,46,47)(H4,30,31,32)/t15-,16-,17-,18-,19-/m0/s1. The van der Waals surface area contributed by atoms with Gasteiger partial charge < -0.3 is 64.4 Å². The van der Waals surface area contributed by atoms with E-state index >= 15 is 0 Å². The lowest BCUT2D eigenvalue weighted by Gasteiger charge is -2.29. The lowest BCUT2D eigenvalue weighted by Crippen LogP contribution is -2.59. The van der Waals surface area contributed by atoms with Crippen LogP contribution in [0, 0.1) is 0 Å². The number of hydrogen-bond acceptors (Lipinski definition) is 11. The summed E-state index contributed by atoms with van der Waals surface area (Å²) in [6.45, 7) is -0.792. The molecule has 0 aromatic rings. The van der Waals surface area contributed by atoms with Crippen molar-refractivity contribution in [2.24, 2.45) is 27.9 Å². The third kappa shape index (κ3) is 14.6. The Morgan fingerprint density at radius 3 is 1.91 bits per heavy atom. The first-order valence-electron chi connectivity index (χ1n) is 15.3. The maximum absolute atomic E-state index is 13.3. The van der Waals surface area contributed by atoms with Crippen LogP contribution in [0.2, 0.25) is 0 Å². The van der Waals surface area contributed by atoms with Crippen molar-refractivity contribution in [1.29, 1.82) is 0 Å². The number of nitrogens with one attached hydrogen (secondary N) is 4. The zero-order valence-corrected chi connectivity index (χ0v) is 26.2. The van der Waals surface area contributed by atoms with Crippen LogP contribution < -0.4 is 44.2 Å². The molecule has 0 aromatic heterocycles. The Labute approximate surface area is 271 Å². The van der Waals surface area contributed by atoms with E-state index < -0.39 is 97.7 Å². The fraction of sp³-hybridized carbons (Fsp3) is 0.704. The van der Waals surface area contributed by atoms with Crippen LogP contribution >= 0.6 is 0 Å². The van der Waals surface area contributed by atoms with Crippen molar-refractivity contribution < 1.29 is 48.9 Å². The maximum atomic E-state index is 13.3. The van der Waals surface area contributed by atoms with Crippen molar-refractivity contribution in [3.8, 4) is 0 Å². The number of nitrogens with two attached hydrogens (primary N) is 4. The summed E-state index contributed by atoms with van der Waals surface area (Å²) >= 11 is 0. The second-order valence-electron chi connectivity index (χ2n) is 10.9. The van der Waals surface area contributed by atoms with Gasteiger partial charge in [-0.2, -0.15) is 0 Å². The number of carbonyl (C=O) groups is 7. The van der Waals surface area contributed by atoms with E-state index in [0.29, 0.717) is 25.8 Å². The van der Waals surface area contributed by atoms with Gasteiger partial charge in [-0.25, -0.2) is 4.79 Å². The number of aliphatic hydroxyl groups excluding tert-OH is 1. The fourth-order valence-corrected chi connectivity index (χ4v) is 4.81. The first-order chi connectivity index (χ1) is 22.2. The Morgan fingerprint density at radius 2 is 1.36 bits per heavy atom. The molecule has 1 heterocycles. The summed E-state index contributed by atoms with van der Waals surface area (Å²) in [5.74, 6) is -6.86. The molecule has 0 aliphatic carbocycles. The summed E-state index contributed by atoms with van der Waals surface area (Å²) in [5.41, 5.74) is 21.5. The van der Waals surface area contributed by atoms with Gasteiger partial charge in [0.1, 0.15) is 30.2 Å². The van der Waals surface area contributed by atoms with Crippen LogP contribution in [0.15, 0.2) is 4.99 Å². The molecule has 20 heteroatoms. The summed E-state index contributed by atoms with van der Waals surface area (Å²) in [6.07, 6.45) is 0.973. The molecule has 47 heavy (non-hydrogen) atoms. The highest BCUT2D eigenvalue weighted by molar-refractivity contribution is 5.96. The summed E-state index contributed by atoms with van der Waals surface area (Å²) in [7, 11) is 0. The number of guanidine groups is 1. The van der Waals surface area contributed by atoms with Gasteiger partial charge in [0.15, 0.2) is 5.96 Å². The number of hydrogen-bond donors (Lipinski definition) is 11. The topological polar surface area (TPSA) is 348 Å². The summed E-state index contributed by atoms with van der Waals surface area (Å²) in [4.78, 5) is 92.7. The van der Waals surface area contributed by atoms with Gasteiger partial charge in [-0.15, -0.1) is 0 Å². The number of aliphatic hydroxyl groups is 1. The fourth-order valence-electron chi connectivity index (χ4n) is 4.81. The van der Waals surface area contributed by atoms with Gasteiger partial charge in [0.25, 0.3) is 0 Å². The molecule has 0 saturated carbocycles. The van der Waals surface area contributed by atoms with E-state index in [0.717, 1.165) is 4.90 Å². The molecule has 1 aliphatic heterocycles. The van der Waals surface area contributed by atoms with E-state index in [9.17, 15) is 48.9 Å². The molecule has 0 unspecified atom stereocenters. The summed E-state index contributed by atoms with van der Waals surface area (Å²) < 4.78 is 0. The minimum Gasteiger partial charge on any atom is -0.481 e. The van der Waals surface area contributed by atoms with Crippen LogP contribution in [0.4, 0.5) is 0 Å². The van der Waals surface area contributed by atoms with E-state index in [-0.39, 0.29) is 44.7 Å². The SMILES string of the molecule is NCCCC[C@H](NC(=O)[C@H](CO)NC(=O)[C@H](CCC(=O)O)NC(=O)[C@H](CCCN=C(N)N)NC(=O)CN)C(=O)N1CCC[C@H]1C(=O)O. The van der Waals surface area contributed by atoms with Gasteiger partial charge in [0.05, 0.1) is 13.2 Å². The van der Waals surface area contributed by atoms with Gasteiger partial charge in [0.2, 0.25) is 29.5 Å². The predicted octanol–water partition coefficient (Wildman–Crippen LogP) is -5.00. The Morgan fingerprint density at radius 1 is 0.787 bits per heavy atom. The molecular weight excluding hydrogens is 624 g/mol. The molecule has 20 nitrogen and oxygen atoms in total. The number of aliphatic imine (C=N–C) groups is 1. The number of amides is 5. The predicted molar refractivity (Wildman–Crippen MR) is 166 cm³/mol. The lowest BCUT2D eigenvalue weighted by atomic mass is 10.1. The van der Waals surface area contributed by atoms with Crippen LogP contribution in [-0.2, 0) is 33.6 Å². The average molecular weight is 673 g/mol. The third-order valence-corrected chi connectivity index (χ3v) is 7.26. The second kappa shape index (κ2) is 21.3. The molecular formula is C27H48N10O10. The van der Waals surface area contributed by atoms with Crippen LogP contribution in [-0.4, -0.2) is 131 Å². The Kier molecular flexibility index (Phi) is 18.3. The smallest absolute Gasteiger partial charge is 0.326 e. The minimum absolute atomic E-state index is 0.0165. The van der Waals surface area contributed by atoms with Crippen molar-refractivity contribution in [2.75, 3.05) is 32.8 Å². The number of nitrogens with zero attached hydrogens (tertiary/aromatic N) is 2. The Balaban J connectivity index is 3.11. The first-order valence-corrected chi connectivity index (χ1v) is 15.3. The Hall–Kier alpha value is -4.56. The molecule has 1 fully saturated rings. The van der Waals surface area contributed by atoms with E-state index in [1.54, 1.807) is 0 Å². The largest absolute Gasteiger partial charge is 0.481 e. The molecule has 1 saturated heterocycles. The molecule has 5 amide bonds. The average Bonchev–Trinajstić information content (AvgIpc) is 3.52. The van der Waals surface area contributed by atoms with Gasteiger partial charge in [-0.1, -0.05) is 0 Å². The lowest BCUT2D eigenvalue weighted by molar-refractivity contribution is -0.149. The number of carbonyl (C=O) groups excluding carboxylic acids is 5. The summed E-state index contributed by atoms with van der Waals surface area (Å²) in [5, 5.41) is 38.2. The van der Waals surface area contributed by atoms with Crippen molar-refractivity contribution in [2.45, 2.75) is 88.0 Å². The second-order valence-corrected chi connectivity index (χ2v) is 10.9. The van der Waals surface area contributed by atoms with Crippen LogP contribution in [0.5, 0.6) is 0 Å². The van der Waals surface area contributed by atoms with E-state index in [1.165, 1.54) is 0 Å². The van der Waals surface area contributed by atoms with E-state index in [1.807, 2.05) is 0 Å². The zero-order valence-electron chi connectivity index (χ0n) is 26.2. The molecule has 15 N–H and O–H groups in total. The summed E-state index contributed by atoms with van der Waals surface area (Å²) in [6, 6.07) is -6.63. The monoisotopic (exact) mass is 672 g/mol. The van der Waals surface area contributed by atoms with Crippen LogP contribution in [0.3, 0.4) is 0 Å². The molecule has 0 aromatic carbocycles. The highest BCUT2D eigenvalue weighted by Crippen LogP contribution is 2.20. The van der Waals surface area contributed by atoms with Crippen molar-refractivity contribution in [3.05, 3.63) is 0 Å². The highest BCUT2D eigenvalue weighted by Gasteiger charge is 2.38. The number of unbranched alkanes of at least 4 members (excludes halogenated alkanes) is 1. The van der Waals surface area contributed by atoms with Crippen LogP contribution in [0.25, 0.3) is 0 Å². The Bertz CT molecular complexity index is 1130. The van der Waals surface area contributed by atoms with E-state index in [4.69, 9.17) is 22.9 Å². The van der Waals surface area contributed by atoms with Crippen molar-refractivity contribution >= 4 is 47.4 Å². The molecule has 1 aliphatic rings. The number of carboxylic acids is 2. The van der Waals surface area contributed by atoms with Crippen molar-refractivity contribution in [3.63, 3.8) is 0 Å². The molecule has 266 valence electrons. The first kappa shape index (κ1) is 40.5. The number of carboxylic acid groups (broad SMARTS) is 2. The number of likely N-dealkylation sites (tertiary alicyclic amines) is 1. The quantitative estimate of drug-likeness (QED) is 0.0291. The van der Waals surface area contributed by atoms with Crippen molar-refractivity contribution in [1.82, 2.24) is 26.2 Å². The van der Waals surface area contributed by atoms with Gasteiger partial charge in [-0.05, 0) is 57.9 Å². The molecule has 0 spiro atoms. The van der Waals surface area contributed by atoms with E-state index in [2.05, 4.69) is 26.3 Å². The van der Waals surface area contributed by atoms with Crippen LogP contribution in [0.1, 0.15) is 57.8 Å². The maximum Gasteiger partial charge on any atom is 0.326 e. The van der Waals surface area contributed by atoms with Gasteiger partial charge in [0, 0.05) is 19.5 Å². The molecule has 1 rings (SSSR count). The molecule has 0 radical (unpaired) electrons. The normalized spacial score (nSPS) is 16.6. The highest BCUT2D eigenvalue weighted by atomic mass is 16.4. The minimum atomic E-state index is -1.64. The number of rotatable bonds is 22. The zero-order chi connectivity index (χ0) is 35.5.